The van der Waals surface area contributed by atoms with E-state index in [2.05, 4.69) is 4.98 Å². The first-order valence-electron chi connectivity index (χ1n) is 4.82. The van der Waals surface area contributed by atoms with Crippen LogP contribution in [0.5, 0.6) is 0 Å². The van der Waals surface area contributed by atoms with Crippen LogP contribution < -0.4 is 4.73 Å². The summed E-state index contributed by atoms with van der Waals surface area (Å²) in [5.41, 5.74) is 2.27. The fraction of sp³-hybridized carbons (Fsp3) is 0.273. The summed E-state index contributed by atoms with van der Waals surface area (Å²) in [5.74, 6) is 0.767. The van der Waals surface area contributed by atoms with Crippen LogP contribution in [0.15, 0.2) is 29.3 Å². The van der Waals surface area contributed by atoms with Gasteiger partial charge in [0.25, 0.3) is 5.03 Å². The molecule has 0 spiro atoms. The molecule has 1 heterocycles. The number of aromatic nitrogens is 2. The molecule has 0 unspecified atom stereocenters. The fourth-order valence-electron chi connectivity index (χ4n) is 1.58. The molecule has 0 saturated heterocycles. The van der Waals surface area contributed by atoms with E-state index in [1.165, 1.54) is 11.8 Å². The topological polar surface area (TPSA) is 39.8 Å². The van der Waals surface area contributed by atoms with Crippen molar-refractivity contribution in [2.45, 2.75) is 10.8 Å². The van der Waals surface area contributed by atoms with Crippen LogP contribution in [0.3, 0.4) is 0 Å². The maximum absolute atomic E-state index is 12.1. The van der Waals surface area contributed by atoms with Gasteiger partial charge in [0.1, 0.15) is 11.2 Å². The third-order valence-corrected chi connectivity index (χ3v) is 3.61. The molecule has 0 radical (unpaired) electrons. The summed E-state index contributed by atoms with van der Waals surface area (Å²) in [6.07, 6.45) is 3.92. The number of thioether (sulfide) groups is 2. The summed E-state index contributed by atoms with van der Waals surface area (Å²) in [4.78, 5) is 4.53. The summed E-state index contributed by atoms with van der Waals surface area (Å²) >= 11 is 3.12. The van der Waals surface area contributed by atoms with Crippen LogP contribution >= 0.6 is 23.5 Å². The van der Waals surface area contributed by atoms with Crippen LogP contribution in [0.1, 0.15) is 5.69 Å². The molecule has 0 aliphatic carbocycles. The third-order valence-electron chi connectivity index (χ3n) is 2.26. The molecule has 1 aromatic heterocycles. The van der Waals surface area contributed by atoms with Gasteiger partial charge < -0.3 is 5.21 Å². The highest BCUT2D eigenvalue weighted by Crippen LogP contribution is 2.21. The SMILES string of the molecule is CSCc1nc2ccccc2[n+]([O-])c1SC. The van der Waals surface area contributed by atoms with Crippen molar-refractivity contribution < 1.29 is 4.73 Å². The molecule has 0 amide bonds. The lowest BCUT2D eigenvalue weighted by atomic mass is 10.3. The van der Waals surface area contributed by atoms with Gasteiger partial charge >= 0.3 is 0 Å². The van der Waals surface area contributed by atoms with Crippen molar-refractivity contribution in [1.82, 2.24) is 4.98 Å². The molecule has 0 aliphatic rings. The summed E-state index contributed by atoms with van der Waals surface area (Å²) in [6, 6.07) is 7.43. The van der Waals surface area contributed by atoms with E-state index in [4.69, 9.17) is 0 Å². The van der Waals surface area contributed by atoms with E-state index in [9.17, 15) is 5.21 Å². The lowest BCUT2D eigenvalue weighted by Crippen LogP contribution is -2.32. The van der Waals surface area contributed by atoms with Crippen LogP contribution in [0.4, 0.5) is 0 Å². The molecule has 1 aromatic carbocycles. The molecule has 0 N–H and O–H groups in total. The van der Waals surface area contributed by atoms with E-state index in [-0.39, 0.29) is 0 Å². The van der Waals surface area contributed by atoms with E-state index < -0.39 is 0 Å². The Bertz CT molecular complexity index is 517. The number of fused-ring (bicyclic) bond motifs is 1. The number of hydrogen-bond donors (Lipinski definition) is 0. The number of para-hydroxylation sites is 2. The molecule has 0 fully saturated rings. The van der Waals surface area contributed by atoms with Crippen LogP contribution in [0.2, 0.25) is 0 Å². The van der Waals surface area contributed by atoms with Crippen molar-refractivity contribution in [1.29, 1.82) is 0 Å². The molecule has 16 heavy (non-hydrogen) atoms. The van der Waals surface area contributed by atoms with E-state index in [1.807, 2.05) is 30.7 Å². The number of nitrogens with zero attached hydrogens (tertiary/aromatic N) is 2. The summed E-state index contributed by atoms with van der Waals surface area (Å²) in [6.45, 7) is 0. The maximum Gasteiger partial charge on any atom is 0.274 e. The van der Waals surface area contributed by atoms with Crippen LogP contribution in [0.25, 0.3) is 11.0 Å². The quantitative estimate of drug-likeness (QED) is 0.478. The second kappa shape index (κ2) is 4.93. The van der Waals surface area contributed by atoms with Gasteiger partial charge in [0.15, 0.2) is 0 Å². The van der Waals surface area contributed by atoms with Gasteiger partial charge in [-0.15, -0.1) is 0 Å². The number of hydrogen-bond acceptors (Lipinski definition) is 4. The van der Waals surface area contributed by atoms with E-state index in [1.54, 1.807) is 17.8 Å². The lowest BCUT2D eigenvalue weighted by molar-refractivity contribution is -0.619. The lowest BCUT2D eigenvalue weighted by Gasteiger charge is -2.09. The second-order valence-corrected chi connectivity index (χ2v) is 4.94. The van der Waals surface area contributed by atoms with Crippen molar-refractivity contribution in [3.05, 3.63) is 35.2 Å². The van der Waals surface area contributed by atoms with E-state index >= 15 is 0 Å². The van der Waals surface area contributed by atoms with Gasteiger partial charge in [-0.25, -0.2) is 4.98 Å². The highest BCUT2D eigenvalue weighted by molar-refractivity contribution is 7.99. The van der Waals surface area contributed by atoms with Gasteiger partial charge in [0, 0.05) is 11.8 Å². The minimum atomic E-state index is 0.636. The molecule has 0 atom stereocenters. The molecular formula is C11H12N2OS2. The first-order chi connectivity index (χ1) is 7.77. The third kappa shape index (κ3) is 1.97. The Hall–Kier alpha value is -0.940. The van der Waals surface area contributed by atoms with Gasteiger partial charge in [-0.3, -0.25) is 0 Å². The fourth-order valence-corrected chi connectivity index (χ4v) is 2.77. The maximum atomic E-state index is 12.1. The van der Waals surface area contributed by atoms with Gasteiger partial charge in [-0.2, -0.15) is 16.5 Å². The van der Waals surface area contributed by atoms with Crippen molar-refractivity contribution in [2.24, 2.45) is 0 Å². The minimum absolute atomic E-state index is 0.636. The monoisotopic (exact) mass is 252 g/mol. The standard InChI is InChI=1S/C11H12N2OS2/c1-15-7-9-11(16-2)13(14)10-6-4-3-5-8(10)12-9/h3-6H,7H2,1-2H3. The van der Waals surface area contributed by atoms with E-state index in [0.717, 1.165) is 21.7 Å². The first-order valence-corrected chi connectivity index (χ1v) is 7.44. The predicted octanol–water partition coefficient (Wildman–Crippen LogP) is 2.45. The summed E-state index contributed by atoms with van der Waals surface area (Å²) in [5, 5.41) is 12.8. The molecule has 0 bridgehead atoms. The van der Waals surface area contributed by atoms with Crippen molar-refractivity contribution in [3.8, 4) is 0 Å². The first kappa shape index (κ1) is 11.5. The van der Waals surface area contributed by atoms with E-state index in [0.29, 0.717) is 10.5 Å². The zero-order valence-electron chi connectivity index (χ0n) is 9.14. The molecular weight excluding hydrogens is 240 g/mol. The van der Waals surface area contributed by atoms with Crippen LogP contribution in [-0.4, -0.2) is 17.5 Å². The van der Waals surface area contributed by atoms with Crippen molar-refractivity contribution in [3.63, 3.8) is 0 Å². The Labute approximate surface area is 103 Å². The average Bonchev–Trinajstić information content (AvgIpc) is 2.30. The van der Waals surface area contributed by atoms with Crippen LogP contribution in [0, 0.1) is 5.21 Å². The zero-order chi connectivity index (χ0) is 11.5. The smallest absolute Gasteiger partial charge is 0.274 e. The number of benzene rings is 1. The largest absolute Gasteiger partial charge is 0.617 e. The normalized spacial score (nSPS) is 10.9. The zero-order valence-corrected chi connectivity index (χ0v) is 10.8. The van der Waals surface area contributed by atoms with Crippen LogP contribution in [-0.2, 0) is 5.75 Å². The second-order valence-electron chi connectivity index (χ2n) is 3.28. The summed E-state index contributed by atoms with van der Waals surface area (Å²) < 4.78 is 0.985. The molecule has 0 saturated carbocycles. The Morgan fingerprint density at radius 1 is 1.31 bits per heavy atom. The predicted molar refractivity (Wildman–Crippen MR) is 69.7 cm³/mol. The van der Waals surface area contributed by atoms with Gasteiger partial charge in [-0.1, -0.05) is 23.9 Å². The Morgan fingerprint density at radius 2 is 2.06 bits per heavy atom. The Kier molecular flexibility index (Phi) is 3.56. The molecule has 5 heteroatoms. The Morgan fingerprint density at radius 3 is 2.75 bits per heavy atom. The molecule has 3 nitrogen and oxygen atoms in total. The molecule has 2 aromatic rings. The van der Waals surface area contributed by atoms with Gasteiger partial charge in [0.05, 0.1) is 0 Å². The van der Waals surface area contributed by atoms with Crippen molar-refractivity contribution >= 4 is 34.6 Å². The van der Waals surface area contributed by atoms with Crippen molar-refractivity contribution in [2.75, 3.05) is 12.5 Å². The minimum Gasteiger partial charge on any atom is -0.617 e. The highest BCUT2D eigenvalue weighted by Gasteiger charge is 2.17. The summed E-state index contributed by atoms with van der Waals surface area (Å²) in [7, 11) is 0. The Balaban J connectivity index is 2.71. The average molecular weight is 252 g/mol. The molecule has 0 aliphatic heterocycles. The molecule has 2 rings (SSSR count). The molecule has 84 valence electrons. The van der Waals surface area contributed by atoms with Gasteiger partial charge in [-0.05, 0) is 18.6 Å². The highest BCUT2D eigenvalue weighted by atomic mass is 32.2. The number of rotatable bonds is 3. The van der Waals surface area contributed by atoms with Gasteiger partial charge in [0.2, 0.25) is 5.52 Å².